The van der Waals surface area contributed by atoms with E-state index in [1.54, 1.807) is 10.9 Å². The molecule has 2 N–H and O–H groups in total. The van der Waals surface area contributed by atoms with E-state index in [1.165, 1.54) is 11.1 Å². The number of benzene rings is 2. The van der Waals surface area contributed by atoms with Crippen LogP contribution in [0.4, 0.5) is 0 Å². The van der Waals surface area contributed by atoms with Gasteiger partial charge in [-0.15, -0.1) is 5.10 Å². The van der Waals surface area contributed by atoms with E-state index in [2.05, 4.69) is 42.4 Å². The minimum absolute atomic E-state index is 0.250. The van der Waals surface area contributed by atoms with Crippen molar-refractivity contribution in [1.29, 1.82) is 0 Å². The summed E-state index contributed by atoms with van der Waals surface area (Å²) in [6.07, 6.45) is 1.74. The molecule has 0 fully saturated rings. The van der Waals surface area contributed by atoms with Crippen molar-refractivity contribution in [2.24, 2.45) is 5.73 Å². The van der Waals surface area contributed by atoms with Gasteiger partial charge in [-0.1, -0.05) is 47.2 Å². The zero-order valence-corrected chi connectivity index (χ0v) is 12.2. The Morgan fingerprint density at radius 1 is 1.05 bits per heavy atom. The Labute approximate surface area is 124 Å². The molecule has 4 heteroatoms. The maximum atomic E-state index is 6.47. The van der Waals surface area contributed by atoms with E-state index in [0.29, 0.717) is 0 Å². The highest BCUT2D eigenvalue weighted by atomic mass is 15.4. The van der Waals surface area contributed by atoms with Crippen LogP contribution in [-0.4, -0.2) is 15.0 Å². The molecule has 1 aromatic heterocycles. The zero-order chi connectivity index (χ0) is 14.8. The van der Waals surface area contributed by atoms with Gasteiger partial charge in [0.25, 0.3) is 0 Å². The largest absolute Gasteiger partial charge is 0.319 e. The molecule has 21 heavy (non-hydrogen) atoms. The first kappa shape index (κ1) is 13.5. The summed E-state index contributed by atoms with van der Waals surface area (Å²) in [6.45, 7) is 4.15. The molecule has 3 aromatic rings. The Morgan fingerprint density at radius 2 is 1.81 bits per heavy atom. The lowest BCUT2D eigenvalue weighted by atomic mass is 9.97. The molecule has 3 rings (SSSR count). The highest BCUT2D eigenvalue weighted by Gasteiger charge is 2.17. The Hall–Kier alpha value is -2.46. The van der Waals surface area contributed by atoms with Gasteiger partial charge in [0.1, 0.15) is 0 Å². The Balaban J connectivity index is 2.06. The summed E-state index contributed by atoms with van der Waals surface area (Å²) in [6, 6.07) is 16.0. The van der Waals surface area contributed by atoms with Gasteiger partial charge in [0.15, 0.2) is 0 Å². The third-order valence-corrected chi connectivity index (χ3v) is 3.66. The van der Waals surface area contributed by atoms with Crippen LogP contribution in [-0.2, 0) is 0 Å². The molecule has 106 valence electrons. The molecular formula is C17H18N4. The quantitative estimate of drug-likeness (QED) is 0.801. The predicted molar refractivity (Wildman–Crippen MR) is 83.3 cm³/mol. The summed E-state index contributed by atoms with van der Waals surface area (Å²) in [5.41, 5.74) is 11.8. The van der Waals surface area contributed by atoms with E-state index < -0.39 is 0 Å². The lowest BCUT2D eigenvalue weighted by Gasteiger charge is -2.16. The fourth-order valence-electron chi connectivity index (χ4n) is 2.48. The van der Waals surface area contributed by atoms with Crippen molar-refractivity contribution in [3.05, 3.63) is 77.1 Å². The van der Waals surface area contributed by atoms with Crippen molar-refractivity contribution in [2.75, 3.05) is 0 Å². The fraction of sp³-hybridized carbons (Fsp3) is 0.176. The summed E-state index contributed by atoms with van der Waals surface area (Å²) in [4.78, 5) is 0. The van der Waals surface area contributed by atoms with Crippen molar-refractivity contribution in [3.63, 3.8) is 0 Å². The third-order valence-electron chi connectivity index (χ3n) is 3.66. The van der Waals surface area contributed by atoms with Crippen LogP contribution in [0, 0.1) is 13.8 Å². The van der Waals surface area contributed by atoms with Gasteiger partial charge in [-0.25, -0.2) is 4.68 Å². The van der Waals surface area contributed by atoms with Gasteiger partial charge in [0.2, 0.25) is 0 Å². The number of hydrogen-bond donors (Lipinski definition) is 1. The van der Waals surface area contributed by atoms with Crippen LogP contribution in [0.1, 0.15) is 28.4 Å². The van der Waals surface area contributed by atoms with Gasteiger partial charge >= 0.3 is 0 Å². The Kier molecular flexibility index (Phi) is 3.54. The van der Waals surface area contributed by atoms with Gasteiger partial charge in [-0.3, -0.25) is 0 Å². The van der Waals surface area contributed by atoms with Crippen molar-refractivity contribution in [3.8, 4) is 5.69 Å². The second kappa shape index (κ2) is 5.50. The molecule has 0 radical (unpaired) electrons. The van der Waals surface area contributed by atoms with E-state index in [4.69, 9.17) is 5.73 Å². The van der Waals surface area contributed by atoms with Crippen LogP contribution in [0.3, 0.4) is 0 Å². The normalized spacial score (nSPS) is 12.3. The summed E-state index contributed by atoms with van der Waals surface area (Å²) >= 11 is 0. The highest BCUT2D eigenvalue weighted by Crippen LogP contribution is 2.24. The summed E-state index contributed by atoms with van der Waals surface area (Å²) < 4.78 is 1.80. The first-order valence-electron chi connectivity index (χ1n) is 6.95. The molecule has 0 saturated heterocycles. The molecule has 0 spiro atoms. The molecule has 0 aliphatic rings. The van der Waals surface area contributed by atoms with E-state index in [-0.39, 0.29) is 6.04 Å². The smallest absolute Gasteiger partial charge is 0.0858 e. The first-order valence-corrected chi connectivity index (χ1v) is 6.95. The first-order chi connectivity index (χ1) is 10.2. The molecule has 2 aromatic carbocycles. The van der Waals surface area contributed by atoms with Gasteiger partial charge < -0.3 is 5.73 Å². The molecule has 0 bridgehead atoms. The van der Waals surface area contributed by atoms with E-state index in [9.17, 15) is 0 Å². The predicted octanol–water partition coefficient (Wildman–Crippen LogP) is 2.93. The van der Waals surface area contributed by atoms with Gasteiger partial charge in [0, 0.05) is 0 Å². The van der Waals surface area contributed by atoms with Crippen molar-refractivity contribution >= 4 is 0 Å². The number of hydrogen-bond acceptors (Lipinski definition) is 3. The maximum Gasteiger partial charge on any atom is 0.0858 e. The molecule has 1 unspecified atom stereocenters. The molecule has 1 atom stereocenters. The van der Waals surface area contributed by atoms with E-state index >= 15 is 0 Å². The van der Waals surface area contributed by atoms with Gasteiger partial charge in [-0.2, -0.15) is 0 Å². The van der Waals surface area contributed by atoms with Crippen LogP contribution < -0.4 is 5.73 Å². The molecule has 0 amide bonds. The Morgan fingerprint density at radius 3 is 2.57 bits per heavy atom. The standard InChI is InChI=1S/C17H18N4/c1-12-8-9-13(2)15(10-12)17(18)16-11-19-20-21(16)14-6-4-3-5-7-14/h3-11,17H,18H2,1-2H3. The van der Waals surface area contributed by atoms with Crippen molar-refractivity contribution < 1.29 is 0 Å². The molecular weight excluding hydrogens is 260 g/mol. The van der Waals surface area contributed by atoms with Crippen LogP contribution in [0.15, 0.2) is 54.7 Å². The second-order valence-corrected chi connectivity index (χ2v) is 5.24. The van der Waals surface area contributed by atoms with E-state index in [0.717, 1.165) is 16.9 Å². The topological polar surface area (TPSA) is 56.7 Å². The maximum absolute atomic E-state index is 6.47. The number of aryl methyl sites for hydroxylation is 2. The van der Waals surface area contributed by atoms with Crippen molar-refractivity contribution in [2.45, 2.75) is 19.9 Å². The average molecular weight is 278 g/mol. The second-order valence-electron chi connectivity index (χ2n) is 5.24. The van der Waals surface area contributed by atoms with Crippen LogP contribution >= 0.6 is 0 Å². The Bertz CT molecular complexity index is 746. The molecule has 0 aliphatic carbocycles. The zero-order valence-electron chi connectivity index (χ0n) is 12.2. The highest BCUT2D eigenvalue weighted by molar-refractivity contribution is 5.39. The number of nitrogens with zero attached hydrogens (tertiary/aromatic N) is 3. The van der Waals surface area contributed by atoms with Gasteiger partial charge in [0.05, 0.1) is 23.6 Å². The van der Waals surface area contributed by atoms with Crippen LogP contribution in [0.25, 0.3) is 5.69 Å². The summed E-state index contributed by atoms with van der Waals surface area (Å²) in [5.74, 6) is 0. The minimum atomic E-state index is -0.250. The number of nitrogens with two attached hydrogens (primary N) is 1. The third kappa shape index (κ3) is 2.58. The lowest BCUT2D eigenvalue weighted by Crippen LogP contribution is -2.18. The van der Waals surface area contributed by atoms with Crippen LogP contribution in [0.5, 0.6) is 0 Å². The van der Waals surface area contributed by atoms with Gasteiger partial charge in [-0.05, 0) is 37.1 Å². The lowest BCUT2D eigenvalue weighted by molar-refractivity contribution is 0.717. The summed E-state index contributed by atoms with van der Waals surface area (Å²) in [5, 5.41) is 8.20. The van der Waals surface area contributed by atoms with Crippen LogP contribution in [0.2, 0.25) is 0 Å². The average Bonchev–Trinajstić information content (AvgIpc) is 2.99. The molecule has 1 heterocycles. The molecule has 0 aliphatic heterocycles. The van der Waals surface area contributed by atoms with Crippen molar-refractivity contribution in [1.82, 2.24) is 15.0 Å². The SMILES string of the molecule is Cc1ccc(C)c(C(N)c2cnnn2-c2ccccc2)c1. The fourth-order valence-corrected chi connectivity index (χ4v) is 2.48. The molecule has 4 nitrogen and oxygen atoms in total. The number of para-hydroxylation sites is 1. The van der Waals surface area contributed by atoms with E-state index in [1.807, 2.05) is 30.3 Å². The monoisotopic (exact) mass is 278 g/mol. The number of rotatable bonds is 3. The molecule has 0 saturated carbocycles. The summed E-state index contributed by atoms with van der Waals surface area (Å²) in [7, 11) is 0. The number of aromatic nitrogens is 3. The minimum Gasteiger partial charge on any atom is -0.319 e.